The summed E-state index contributed by atoms with van der Waals surface area (Å²) in [5, 5.41) is 3.50. The molecule has 0 unspecified atom stereocenters. The van der Waals surface area contributed by atoms with Gasteiger partial charge in [0, 0.05) is 46.3 Å². The minimum absolute atomic E-state index is 0.742. The van der Waals surface area contributed by atoms with Crippen LogP contribution in [0, 0.1) is 0 Å². The van der Waals surface area contributed by atoms with E-state index in [1.807, 2.05) is 49.1 Å². The second-order valence-corrected chi connectivity index (χ2v) is 7.15. The van der Waals surface area contributed by atoms with Crippen LogP contribution in [0.4, 0.5) is 0 Å². The fourth-order valence-electron chi connectivity index (χ4n) is 2.90. The van der Waals surface area contributed by atoms with Crippen molar-refractivity contribution in [1.29, 1.82) is 0 Å². The highest BCUT2D eigenvalue weighted by Gasteiger charge is 2.19. The molecule has 6 heteroatoms. The predicted molar refractivity (Wildman–Crippen MR) is 109 cm³/mol. The highest BCUT2D eigenvalue weighted by Crippen LogP contribution is 2.09. The monoisotopic (exact) mass is 364 g/mol. The Bertz CT molecular complexity index is 489. The molecule has 5 nitrogen and oxygen atoms in total. The molecular weight excluding hydrogens is 332 g/mol. The summed E-state index contributed by atoms with van der Waals surface area (Å²) in [6.45, 7) is 6.90. The second-order valence-electron chi connectivity index (χ2n) is 6.16. The molecule has 0 aromatic heterocycles. The van der Waals surface area contributed by atoms with Crippen LogP contribution < -0.4 is 10.1 Å². The Morgan fingerprint density at radius 2 is 1.92 bits per heavy atom. The average Bonchev–Trinajstić information content (AvgIpc) is 2.66. The number of aliphatic imine (C=N–C) groups is 1. The molecule has 0 amide bonds. The van der Waals surface area contributed by atoms with E-state index in [-0.39, 0.29) is 0 Å². The first-order valence-corrected chi connectivity index (χ1v) is 10.6. The molecule has 0 aliphatic carbocycles. The van der Waals surface area contributed by atoms with Crippen LogP contribution in [0.3, 0.4) is 0 Å². The summed E-state index contributed by atoms with van der Waals surface area (Å²) in [5.41, 5.74) is 0. The second kappa shape index (κ2) is 12.0. The van der Waals surface area contributed by atoms with Gasteiger partial charge in [0.05, 0.1) is 0 Å². The molecule has 140 valence electrons. The van der Waals surface area contributed by atoms with Crippen LogP contribution in [0.25, 0.3) is 0 Å². The third-order valence-corrected chi connectivity index (χ3v) is 5.06. The van der Waals surface area contributed by atoms with Crippen molar-refractivity contribution in [3.05, 3.63) is 30.3 Å². The van der Waals surface area contributed by atoms with Gasteiger partial charge in [0.25, 0.3) is 0 Å². The number of ether oxygens (including phenoxy) is 1. The first-order chi connectivity index (χ1) is 12.3. The van der Waals surface area contributed by atoms with Gasteiger partial charge < -0.3 is 15.0 Å². The van der Waals surface area contributed by atoms with E-state index in [2.05, 4.69) is 26.4 Å². The standard InChI is InChI=1S/C19H32N4OS/c1-20-19(21-10-6-7-17-25-2)23-13-11-22(12-14-23)15-16-24-18-8-4-3-5-9-18/h3-5,8-9H,6-7,10-17H2,1-2H3,(H,20,21). The van der Waals surface area contributed by atoms with Crippen molar-refractivity contribution >= 4 is 17.7 Å². The Hall–Kier alpha value is -1.40. The van der Waals surface area contributed by atoms with Gasteiger partial charge in [-0.3, -0.25) is 9.89 Å². The van der Waals surface area contributed by atoms with Crippen molar-refractivity contribution < 1.29 is 4.74 Å². The van der Waals surface area contributed by atoms with Crippen LogP contribution in [0.2, 0.25) is 0 Å². The molecule has 1 aromatic rings. The van der Waals surface area contributed by atoms with E-state index in [0.717, 1.165) is 57.6 Å². The van der Waals surface area contributed by atoms with E-state index < -0.39 is 0 Å². The van der Waals surface area contributed by atoms with Crippen LogP contribution in [0.1, 0.15) is 12.8 Å². The number of para-hydroxylation sites is 1. The quantitative estimate of drug-likeness (QED) is 0.414. The zero-order valence-electron chi connectivity index (χ0n) is 15.6. The Balaban J connectivity index is 1.61. The average molecular weight is 365 g/mol. The van der Waals surface area contributed by atoms with Crippen LogP contribution in [0.15, 0.2) is 35.3 Å². The Labute approximate surface area is 156 Å². The minimum Gasteiger partial charge on any atom is -0.492 e. The van der Waals surface area contributed by atoms with Gasteiger partial charge in [-0.2, -0.15) is 11.8 Å². The Morgan fingerprint density at radius 3 is 2.60 bits per heavy atom. The molecule has 0 bridgehead atoms. The maximum atomic E-state index is 5.80. The third-order valence-electron chi connectivity index (χ3n) is 4.36. The lowest BCUT2D eigenvalue weighted by Gasteiger charge is -2.36. The van der Waals surface area contributed by atoms with Gasteiger partial charge in [0.15, 0.2) is 5.96 Å². The smallest absolute Gasteiger partial charge is 0.193 e. The molecule has 25 heavy (non-hydrogen) atoms. The molecule has 0 radical (unpaired) electrons. The molecule has 0 spiro atoms. The highest BCUT2D eigenvalue weighted by atomic mass is 32.2. The zero-order valence-corrected chi connectivity index (χ0v) is 16.4. The lowest BCUT2D eigenvalue weighted by Crippen LogP contribution is -2.53. The summed E-state index contributed by atoms with van der Waals surface area (Å²) in [4.78, 5) is 9.27. The maximum Gasteiger partial charge on any atom is 0.193 e. The Kier molecular flexibility index (Phi) is 9.59. The number of unbranched alkanes of at least 4 members (excludes halogenated alkanes) is 1. The van der Waals surface area contributed by atoms with Crippen molar-refractivity contribution in [2.75, 3.05) is 64.9 Å². The van der Waals surface area contributed by atoms with Gasteiger partial charge in [-0.25, -0.2) is 0 Å². The highest BCUT2D eigenvalue weighted by molar-refractivity contribution is 7.98. The number of nitrogens with zero attached hydrogens (tertiary/aromatic N) is 3. The largest absolute Gasteiger partial charge is 0.492 e. The molecule has 0 saturated carbocycles. The van der Waals surface area contributed by atoms with Crippen molar-refractivity contribution in [3.8, 4) is 5.75 Å². The number of thioether (sulfide) groups is 1. The molecule has 1 aromatic carbocycles. The van der Waals surface area contributed by atoms with E-state index in [9.17, 15) is 0 Å². The number of benzene rings is 1. The molecule has 0 atom stereocenters. The van der Waals surface area contributed by atoms with Crippen LogP contribution in [-0.2, 0) is 0 Å². The Morgan fingerprint density at radius 1 is 1.16 bits per heavy atom. The van der Waals surface area contributed by atoms with E-state index >= 15 is 0 Å². The fraction of sp³-hybridized carbons (Fsp3) is 0.632. The van der Waals surface area contributed by atoms with Gasteiger partial charge in [0.2, 0.25) is 0 Å². The van der Waals surface area contributed by atoms with Gasteiger partial charge in [-0.05, 0) is 37.0 Å². The van der Waals surface area contributed by atoms with Crippen molar-refractivity contribution in [2.24, 2.45) is 4.99 Å². The fourth-order valence-corrected chi connectivity index (χ4v) is 3.39. The van der Waals surface area contributed by atoms with E-state index in [0.29, 0.717) is 0 Å². The minimum atomic E-state index is 0.742. The number of rotatable bonds is 9. The van der Waals surface area contributed by atoms with Gasteiger partial charge >= 0.3 is 0 Å². The van der Waals surface area contributed by atoms with Crippen LogP contribution in [-0.4, -0.2) is 80.7 Å². The summed E-state index contributed by atoms with van der Waals surface area (Å²) in [6.07, 6.45) is 4.63. The van der Waals surface area contributed by atoms with Gasteiger partial charge in [0.1, 0.15) is 12.4 Å². The van der Waals surface area contributed by atoms with Crippen molar-refractivity contribution in [1.82, 2.24) is 15.1 Å². The molecule has 1 heterocycles. The number of hydrogen-bond acceptors (Lipinski definition) is 4. The lowest BCUT2D eigenvalue weighted by molar-refractivity contribution is 0.152. The lowest BCUT2D eigenvalue weighted by atomic mass is 10.3. The summed E-state index contributed by atoms with van der Waals surface area (Å²) < 4.78 is 5.80. The number of nitrogens with one attached hydrogen (secondary N) is 1. The van der Waals surface area contributed by atoms with E-state index in [1.165, 1.54) is 18.6 Å². The van der Waals surface area contributed by atoms with Crippen molar-refractivity contribution in [2.45, 2.75) is 12.8 Å². The SMILES string of the molecule is CN=C(NCCCCSC)N1CCN(CCOc2ccccc2)CC1. The third kappa shape index (κ3) is 7.57. The summed E-state index contributed by atoms with van der Waals surface area (Å²) >= 11 is 1.92. The topological polar surface area (TPSA) is 40.1 Å². The van der Waals surface area contributed by atoms with E-state index in [1.54, 1.807) is 0 Å². The normalized spacial score (nSPS) is 16.1. The molecule has 1 N–H and O–H groups in total. The predicted octanol–water partition coefficient (Wildman–Crippen LogP) is 2.40. The molecule has 1 aliphatic heterocycles. The molecular formula is C19H32N4OS. The van der Waals surface area contributed by atoms with Gasteiger partial charge in [-0.1, -0.05) is 18.2 Å². The summed E-state index contributed by atoms with van der Waals surface area (Å²) in [6, 6.07) is 10.0. The molecule has 2 rings (SSSR count). The molecule has 1 aliphatic rings. The number of piperazine rings is 1. The van der Waals surface area contributed by atoms with Crippen LogP contribution >= 0.6 is 11.8 Å². The number of hydrogen-bond donors (Lipinski definition) is 1. The van der Waals surface area contributed by atoms with Crippen LogP contribution in [0.5, 0.6) is 5.75 Å². The molecule has 1 fully saturated rings. The summed E-state index contributed by atoms with van der Waals surface area (Å²) in [7, 11) is 1.88. The summed E-state index contributed by atoms with van der Waals surface area (Å²) in [5.74, 6) is 3.24. The van der Waals surface area contributed by atoms with Gasteiger partial charge in [-0.15, -0.1) is 0 Å². The van der Waals surface area contributed by atoms with E-state index in [4.69, 9.17) is 4.74 Å². The molecule has 1 saturated heterocycles. The first kappa shape index (κ1) is 19.9. The maximum absolute atomic E-state index is 5.80. The van der Waals surface area contributed by atoms with Crippen molar-refractivity contribution in [3.63, 3.8) is 0 Å². The first-order valence-electron chi connectivity index (χ1n) is 9.18. The number of guanidine groups is 1. The zero-order chi connectivity index (χ0) is 17.7.